The third-order valence-corrected chi connectivity index (χ3v) is 4.72. The van der Waals surface area contributed by atoms with Crippen molar-refractivity contribution in [3.63, 3.8) is 0 Å². The zero-order valence-electron chi connectivity index (χ0n) is 14.5. The molecule has 4 rings (SSSR count). The van der Waals surface area contributed by atoms with Gasteiger partial charge in [-0.3, -0.25) is 9.88 Å². The second-order valence-electron chi connectivity index (χ2n) is 6.47. The minimum absolute atomic E-state index is 0.194. The summed E-state index contributed by atoms with van der Waals surface area (Å²) in [6.07, 6.45) is 5.09. The van der Waals surface area contributed by atoms with Crippen molar-refractivity contribution in [3.05, 3.63) is 77.2 Å². The molecule has 0 bridgehead atoms. The number of hydrogen-bond donors (Lipinski definition) is 1. The average Bonchev–Trinajstić information content (AvgIpc) is 3.32. The molecule has 7 heteroatoms. The third kappa shape index (κ3) is 3.43. The lowest BCUT2D eigenvalue weighted by Gasteiger charge is -2.14. The number of aromatic nitrogens is 3. The Morgan fingerprint density at radius 1 is 1.19 bits per heavy atom. The molecule has 134 valence electrons. The van der Waals surface area contributed by atoms with Crippen LogP contribution in [0.1, 0.15) is 21.5 Å². The number of hydrogen-bond acceptors (Lipinski definition) is 4. The highest BCUT2D eigenvalue weighted by atomic mass is 16.4. The predicted molar refractivity (Wildman–Crippen MR) is 99.2 cm³/mol. The number of fused-ring (bicyclic) bond motifs is 1. The normalized spacial score (nSPS) is 13.3. The lowest BCUT2D eigenvalue weighted by molar-refractivity contribution is 0.0697. The van der Waals surface area contributed by atoms with Crippen molar-refractivity contribution in [2.75, 3.05) is 6.54 Å². The largest absolute Gasteiger partial charge is 0.478 e. The van der Waals surface area contributed by atoms with Crippen molar-refractivity contribution in [1.82, 2.24) is 19.4 Å². The molecule has 0 amide bonds. The van der Waals surface area contributed by atoms with Crippen LogP contribution in [0.3, 0.4) is 0 Å². The first-order chi connectivity index (χ1) is 13.1. The van der Waals surface area contributed by atoms with E-state index in [4.69, 9.17) is 11.7 Å². The topological polar surface area (TPSA) is 75.6 Å². The first kappa shape index (κ1) is 16.9. The number of imidazole rings is 1. The Bertz CT molecular complexity index is 1050. The standard InChI is InChI=1S/C20H17N5O2/c1-21-17-4-2-3-15-10-24(11-16(15)17)7-8-25-12-19(23-13-25)18-9-14(20(26)27)5-6-22-18/h2-6,9,12-13H,7-8,10-11H2,(H,26,27). The van der Waals surface area contributed by atoms with Crippen LogP contribution >= 0.6 is 0 Å². The van der Waals surface area contributed by atoms with E-state index in [9.17, 15) is 4.79 Å². The van der Waals surface area contributed by atoms with Gasteiger partial charge in [0, 0.05) is 38.6 Å². The summed E-state index contributed by atoms with van der Waals surface area (Å²) in [5.74, 6) is -0.981. The highest BCUT2D eigenvalue weighted by molar-refractivity contribution is 5.88. The summed E-state index contributed by atoms with van der Waals surface area (Å²) in [4.78, 5) is 25.6. The Morgan fingerprint density at radius 2 is 2.07 bits per heavy atom. The van der Waals surface area contributed by atoms with E-state index >= 15 is 0 Å². The van der Waals surface area contributed by atoms with E-state index in [1.807, 2.05) is 22.9 Å². The average molecular weight is 359 g/mol. The summed E-state index contributed by atoms with van der Waals surface area (Å²) in [6.45, 7) is 10.5. The number of pyridine rings is 1. The Labute approximate surface area is 156 Å². The second kappa shape index (κ2) is 7.02. The lowest BCUT2D eigenvalue weighted by atomic mass is 10.1. The van der Waals surface area contributed by atoms with Crippen molar-refractivity contribution in [1.29, 1.82) is 0 Å². The van der Waals surface area contributed by atoms with Gasteiger partial charge < -0.3 is 9.67 Å². The molecule has 0 saturated carbocycles. The Kier molecular flexibility index (Phi) is 4.40. The van der Waals surface area contributed by atoms with Crippen LogP contribution in [-0.2, 0) is 19.6 Å². The van der Waals surface area contributed by atoms with Crippen LogP contribution in [0.4, 0.5) is 5.69 Å². The fourth-order valence-corrected chi connectivity index (χ4v) is 3.31. The van der Waals surface area contributed by atoms with Crippen molar-refractivity contribution in [3.8, 4) is 11.4 Å². The third-order valence-electron chi connectivity index (χ3n) is 4.72. The molecule has 3 aromatic rings. The van der Waals surface area contributed by atoms with Crippen LogP contribution in [0.5, 0.6) is 0 Å². The fraction of sp³-hybridized carbons (Fsp3) is 0.200. The summed E-state index contributed by atoms with van der Waals surface area (Å²) >= 11 is 0. The highest BCUT2D eigenvalue weighted by Crippen LogP contribution is 2.31. The zero-order valence-corrected chi connectivity index (χ0v) is 14.5. The van der Waals surface area contributed by atoms with Gasteiger partial charge in [-0.2, -0.15) is 0 Å². The van der Waals surface area contributed by atoms with E-state index in [1.54, 1.807) is 6.33 Å². The quantitative estimate of drug-likeness (QED) is 0.708. The van der Waals surface area contributed by atoms with Gasteiger partial charge in [0.25, 0.3) is 0 Å². The molecule has 0 aliphatic carbocycles. The molecule has 1 aliphatic heterocycles. The van der Waals surface area contributed by atoms with Crippen molar-refractivity contribution in [2.45, 2.75) is 19.6 Å². The van der Waals surface area contributed by atoms with Gasteiger partial charge in [0.2, 0.25) is 0 Å². The molecule has 0 atom stereocenters. The van der Waals surface area contributed by atoms with Gasteiger partial charge in [0.05, 0.1) is 24.2 Å². The molecule has 0 spiro atoms. The van der Waals surface area contributed by atoms with E-state index in [1.165, 1.54) is 23.9 Å². The number of carboxylic acid groups (broad SMARTS) is 1. The molecule has 0 saturated heterocycles. The molecule has 0 unspecified atom stereocenters. The Balaban J connectivity index is 1.42. The molecular weight excluding hydrogens is 342 g/mol. The van der Waals surface area contributed by atoms with Gasteiger partial charge in [-0.15, -0.1) is 0 Å². The van der Waals surface area contributed by atoms with Crippen molar-refractivity contribution in [2.24, 2.45) is 0 Å². The maximum Gasteiger partial charge on any atom is 0.335 e. The van der Waals surface area contributed by atoms with Crippen LogP contribution < -0.4 is 0 Å². The molecular formula is C20H17N5O2. The molecule has 0 radical (unpaired) electrons. The van der Waals surface area contributed by atoms with Crippen LogP contribution in [0, 0.1) is 6.57 Å². The minimum Gasteiger partial charge on any atom is -0.478 e. The number of carbonyl (C=O) groups is 1. The first-order valence-electron chi connectivity index (χ1n) is 8.56. The summed E-state index contributed by atoms with van der Waals surface area (Å²) in [5, 5.41) is 9.10. The summed E-state index contributed by atoms with van der Waals surface area (Å²) in [5.41, 5.74) is 4.49. The van der Waals surface area contributed by atoms with Gasteiger partial charge in [-0.1, -0.05) is 18.2 Å². The van der Waals surface area contributed by atoms with E-state index < -0.39 is 5.97 Å². The molecule has 1 N–H and O–H groups in total. The summed E-state index contributed by atoms with van der Waals surface area (Å²) in [7, 11) is 0. The van der Waals surface area contributed by atoms with Gasteiger partial charge >= 0.3 is 5.97 Å². The molecule has 27 heavy (non-hydrogen) atoms. The monoisotopic (exact) mass is 359 g/mol. The van der Waals surface area contributed by atoms with Crippen LogP contribution in [0.2, 0.25) is 0 Å². The number of benzene rings is 1. The van der Waals surface area contributed by atoms with Gasteiger partial charge in [0.1, 0.15) is 5.69 Å². The summed E-state index contributed by atoms with van der Waals surface area (Å²) < 4.78 is 1.98. The van der Waals surface area contributed by atoms with Gasteiger partial charge in [-0.05, 0) is 23.3 Å². The second-order valence-corrected chi connectivity index (χ2v) is 6.47. The smallest absolute Gasteiger partial charge is 0.335 e. The van der Waals surface area contributed by atoms with Crippen LogP contribution in [0.25, 0.3) is 16.2 Å². The zero-order chi connectivity index (χ0) is 18.8. The SMILES string of the molecule is [C-]#[N+]c1cccc2c1CN(CCn1cnc(-c3cc(C(=O)O)ccn3)c1)C2. The van der Waals surface area contributed by atoms with Crippen LogP contribution in [-0.4, -0.2) is 37.1 Å². The predicted octanol–water partition coefficient (Wildman–Crippen LogP) is 3.21. The van der Waals surface area contributed by atoms with Crippen molar-refractivity contribution < 1.29 is 9.90 Å². The maximum atomic E-state index is 11.1. The number of rotatable bonds is 5. The molecule has 2 aromatic heterocycles. The van der Waals surface area contributed by atoms with Crippen molar-refractivity contribution >= 4 is 11.7 Å². The fourth-order valence-electron chi connectivity index (χ4n) is 3.31. The van der Waals surface area contributed by atoms with Crippen LogP contribution in [0.15, 0.2) is 49.1 Å². The van der Waals surface area contributed by atoms with Gasteiger partial charge in [-0.25, -0.2) is 14.6 Å². The Morgan fingerprint density at radius 3 is 2.89 bits per heavy atom. The number of aromatic carboxylic acids is 1. The minimum atomic E-state index is -0.981. The molecule has 1 aromatic carbocycles. The highest BCUT2D eigenvalue weighted by Gasteiger charge is 2.21. The van der Waals surface area contributed by atoms with E-state index in [-0.39, 0.29) is 5.56 Å². The molecule has 0 fully saturated rings. The van der Waals surface area contributed by atoms with E-state index in [2.05, 4.69) is 25.8 Å². The number of carboxylic acids is 1. The summed E-state index contributed by atoms with van der Waals surface area (Å²) in [6, 6.07) is 8.88. The Hall–Kier alpha value is -3.50. The van der Waals surface area contributed by atoms with E-state index in [0.29, 0.717) is 11.4 Å². The maximum absolute atomic E-state index is 11.1. The lowest BCUT2D eigenvalue weighted by Crippen LogP contribution is -2.21. The molecule has 1 aliphatic rings. The van der Waals surface area contributed by atoms with Gasteiger partial charge in [0.15, 0.2) is 5.69 Å². The first-order valence-corrected chi connectivity index (χ1v) is 8.56. The molecule has 7 nitrogen and oxygen atoms in total. The molecule has 3 heterocycles. The number of nitrogens with zero attached hydrogens (tertiary/aromatic N) is 5. The van der Waals surface area contributed by atoms with E-state index in [0.717, 1.165) is 37.4 Å².